The first-order chi connectivity index (χ1) is 7.65. The molecule has 0 spiro atoms. The number of benzene rings is 1. The van der Waals surface area contributed by atoms with E-state index in [1.807, 2.05) is 0 Å². The van der Waals surface area contributed by atoms with E-state index in [-0.39, 0.29) is 5.56 Å². The van der Waals surface area contributed by atoms with Crippen molar-refractivity contribution in [3.8, 4) is 0 Å². The van der Waals surface area contributed by atoms with E-state index < -0.39 is 5.82 Å². The quantitative estimate of drug-likeness (QED) is 0.787. The average molecular weight is 238 g/mol. The van der Waals surface area contributed by atoms with Crippen molar-refractivity contribution in [1.29, 1.82) is 0 Å². The molecule has 0 N–H and O–H groups in total. The SMILES string of the molecule is O=c1ccc(F)cn1Cc1ccc(Cl)cc1. The van der Waals surface area contributed by atoms with E-state index in [1.165, 1.54) is 16.8 Å². The van der Waals surface area contributed by atoms with Gasteiger partial charge < -0.3 is 4.57 Å². The molecule has 0 aliphatic rings. The summed E-state index contributed by atoms with van der Waals surface area (Å²) >= 11 is 5.74. The zero-order chi connectivity index (χ0) is 11.5. The number of hydrogen-bond donors (Lipinski definition) is 0. The number of hydrogen-bond acceptors (Lipinski definition) is 1. The number of halogens is 2. The lowest BCUT2D eigenvalue weighted by molar-refractivity contribution is 0.595. The van der Waals surface area contributed by atoms with E-state index in [1.54, 1.807) is 24.3 Å². The first-order valence-electron chi connectivity index (χ1n) is 4.75. The van der Waals surface area contributed by atoms with Crippen molar-refractivity contribution in [3.05, 3.63) is 69.4 Å². The van der Waals surface area contributed by atoms with Crippen molar-refractivity contribution < 1.29 is 4.39 Å². The topological polar surface area (TPSA) is 22.0 Å². The molecule has 0 aliphatic carbocycles. The van der Waals surface area contributed by atoms with Gasteiger partial charge in [0.05, 0.1) is 6.54 Å². The van der Waals surface area contributed by atoms with Crippen molar-refractivity contribution in [2.75, 3.05) is 0 Å². The van der Waals surface area contributed by atoms with Crippen LogP contribution >= 0.6 is 11.6 Å². The fraction of sp³-hybridized carbons (Fsp3) is 0.0833. The molecular weight excluding hydrogens is 229 g/mol. The smallest absolute Gasteiger partial charge is 0.251 e. The zero-order valence-electron chi connectivity index (χ0n) is 8.36. The lowest BCUT2D eigenvalue weighted by Gasteiger charge is -2.05. The third-order valence-electron chi connectivity index (χ3n) is 2.21. The molecule has 16 heavy (non-hydrogen) atoms. The molecule has 1 aromatic heterocycles. The maximum atomic E-state index is 12.9. The summed E-state index contributed by atoms with van der Waals surface area (Å²) in [6.07, 6.45) is 1.19. The molecule has 1 heterocycles. The highest BCUT2D eigenvalue weighted by molar-refractivity contribution is 6.30. The van der Waals surface area contributed by atoms with Crippen LogP contribution in [0.25, 0.3) is 0 Å². The van der Waals surface area contributed by atoms with Gasteiger partial charge in [0.2, 0.25) is 0 Å². The Hall–Kier alpha value is -1.61. The van der Waals surface area contributed by atoms with Crippen LogP contribution in [0.15, 0.2) is 47.4 Å². The van der Waals surface area contributed by atoms with Gasteiger partial charge in [0.15, 0.2) is 0 Å². The first-order valence-corrected chi connectivity index (χ1v) is 5.13. The van der Waals surface area contributed by atoms with Gasteiger partial charge in [0.1, 0.15) is 5.82 Å². The molecule has 0 aliphatic heterocycles. The maximum absolute atomic E-state index is 12.9. The van der Waals surface area contributed by atoms with Gasteiger partial charge in [-0.25, -0.2) is 4.39 Å². The summed E-state index contributed by atoms with van der Waals surface area (Å²) in [6.45, 7) is 0.341. The summed E-state index contributed by atoms with van der Waals surface area (Å²) in [5.41, 5.74) is 0.674. The molecule has 4 heteroatoms. The summed E-state index contributed by atoms with van der Waals surface area (Å²) in [5, 5.41) is 0.635. The Labute approximate surface area is 96.9 Å². The number of pyridine rings is 1. The van der Waals surface area contributed by atoms with Crippen LogP contribution in [0.3, 0.4) is 0 Å². The highest BCUT2D eigenvalue weighted by Gasteiger charge is 1.99. The van der Waals surface area contributed by atoms with Crippen LogP contribution in [0.4, 0.5) is 4.39 Å². The van der Waals surface area contributed by atoms with Crippen molar-refractivity contribution in [3.63, 3.8) is 0 Å². The van der Waals surface area contributed by atoms with Gasteiger partial charge in [-0.1, -0.05) is 23.7 Å². The molecule has 0 bridgehead atoms. The summed E-state index contributed by atoms with van der Waals surface area (Å²) in [5.74, 6) is -0.423. The molecule has 0 radical (unpaired) electrons. The zero-order valence-corrected chi connectivity index (χ0v) is 9.12. The Kier molecular flexibility index (Phi) is 3.06. The molecule has 2 aromatic rings. The minimum absolute atomic E-state index is 0.226. The van der Waals surface area contributed by atoms with Crippen molar-refractivity contribution >= 4 is 11.6 Å². The Morgan fingerprint density at radius 2 is 1.81 bits per heavy atom. The van der Waals surface area contributed by atoms with E-state index in [9.17, 15) is 9.18 Å². The van der Waals surface area contributed by atoms with Gasteiger partial charge in [-0.3, -0.25) is 4.79 Å². The standard InChI is InChI=1S/C12H9ClFNO/c13-10-3-1-9(2-4-10)7-15-8-11(14)5-6-12(15)16/h1-6,8H,7H2. The Morgan fingerprint density at radius 3 is 2.50 bits per heavy atom. The third-order valence-corrected chi connectivity index (χ3v) is 2.47. The molecule has 0 unspecified atom stereocenters. The van der Waals surface area contributed by atoms with Crippen LogP contribution in [0, 0.1) is 5.82 Å². The summed E-state index contributed by atoms with van der Waals surface area (Å²) in [6, 6.07) is 9.45. The molecule has 82 valence electrons. The van der Waals surface area contributed by atoms with E-state index in [0.717, 1.165) is 11.6 Å². The fourth-order valence-corrected chi connectivity index (χ4v) is 1.54. The van der Waals surface area contributed by atoms with Crippen LogP contribution in [-0.4, -0.2) is 4.57 Å². The Balaban J connectivity index is 2.30. The van der Waals surface area contributed by atoms with Crippen molar-refractivity contribution in [2.45, 2.75) is 6.54 Å². The largest absolute Gasteiger partial charge is 0.308 e. The third kappa shape index (κ3) is 2.49. The minimum atomic E-state index is -0.423. The highest BCUT2D eigenvalue weighted by Crippen LogP contribution is 2.10. The average Bonchev–Trinajstić information content (AvgIpc) is 2.27. The normalized spacial score (nSPS) is 10.4. The highest BCUT2D eigenvalue weighted by atomic mass is 35.5. The molecule has 0 fully saturated rings. The van der Waals surface area contributed by atoms with Gasteiger partial charge in [-0.05, 0) is 23.8 Å². The van der Waals surface area contributed by atoms with Gasteiger partial charge in [-0.15, -0.1) is 0 Å². The fourth-order valence-electron chi connectivity index (χ4n) is 1.41. The number of nitrogens with zero attached hydrogens (tertiary/aromatic N) is 1. The van der Waals surface area contributed by atoms with Crippen molar-refractivity contribution in [2.24, 2.45) is 0 Å². The van der Waals surface area contributed by atoms with Gasteiger partial charge in [0, 0.05) is 17.3 Å². The molecule has 1 aromatic carbocycles. The monoisotopic (exact) mass is 237 g/mol. The maximum Gasteiger partial charge on any atom is 0.251 e. The predicted octanol–water partition coefficient (Wildman–Crippen LogP) is 2.69. The molecule has 0 saturated heterocycles. The van der Waals surface area contributed by atoms with E-state index in [2.05, 4.69) is 0 Å². The first kappa shape index (κ1) is 10.9. The lowest BCUT2D eigenvalue weighted by atomic mass is 10.2. The van der Waals surface area contributed by atoms with Crippen molar-refractivity contribution in [1.82, 2.24) is 4.57 Å². The van der Waals surface area contributed by atoms with Gasteiger partial charge in [0.25, 0.3) is 5.56 Å². The van der Waals surface area contributed by atoms with E-state index in [0.29, 0.717) is 11.6 Å². The summed E-state index contributed by atoms with van der Waals surface area (Å²) in [7, 11) is 0. The number of rotatable bonds is 2. The molecule has 0 atom stereocenters. The summed E-state index contributed by atoms with van der Waals surface area (Å²) < 4.78 is 14.3. The lowest BCUT2D eigenvalue weighted by Crippen LogP contribution is -2.19. The summed E-state index contributed by atoms with van der Waals surface area (Å²) in [4.78, 5) is 11.4. The van der Waals surface area contributed by atoms with E-state index in [4.69, 9.17) is 11.6 Å². The molecule has 0 amide bonds. The molecule has 2 nitrogen and oxygen atoms in total. The second kappa shape index (κ2) is 4.49. The number of aromatic nitrogens is 1. The molecule has 2 rings (SSSR count). The van der Waals surface area contributed by atoms with Crippen LogP contribution < -0.4 is 5.56 Å². The van der Waals surface area contributed by atoms with Gasteiger partial charge >= 0.3 is 0 Å². The Bertz CT molecular complexity index is 548. The Morgan fingerprint density at radius 1 is 1.12 bits per heavy atom. The molecular formula is C12H9ClFNO. The minimum Gasteiger partial charge on any atom is -0.308 e. The van der Waals surface area contributed by atoms with E-state index >= 15 is 0 Å². The molecule has 0 saturated carbocycles. The second-order valence-electron chi connectivity index (χ2n) is 3.44. The van der Waals surface area contributed by atoms with Gasteiger partial charge in [-0.2, -0.15) is 0 Å². The van der Waals surface area contributed by atoms with Crippen LogP contribution in [0.2, 0.25) is 5.02 Å². The van der Waals surface area contributed by atoms with Crippen LogP contribution in [0.1, 0.15) is 5.56 Å². The van der Waals surface area contributed by atoms with Crippen LogP contribution in [0.5, 0.6) is 0 Å². The predicted molar refractivity (Wildman–Crippen MR) is 61.2 cm³/mol. The second-order valence-corrected chi connectivity index (χ2v) is 3.88. The van der Waals surface area contributed by atoms with Crippen LogP contribution in [-0.2, 0) is 6.54 Å².